The third-order valence-corrected chi connectivity index (χ3v) is 3.71. The van der Waals surface area contributed by atoms with Crippen molar-refractivity contribution < 1.29 is 14.3 Å². The number of terminal acetylenes is 1. The quantitative estimate of drug-likeness (QED) is 0.674. The Kier molecular flexibility index (Phi) is 5.75. The Hall–Kier alpha value is -2.88. The van der Waals surface area contributed by atoms with E-state index in [1.807, 2.05) is 13.8 Å². The second-order valence-corrected chi connectivity index (χ2v) is 6.18. The van der Waals surface area contributed by atoms with E-state index in [4.69, 9.17) is 16.9 Å². The van der Waals surface area contributed by atoms with E-state index in [0.717, 1.165) is 0 Å². The average Bonchev–Trinajstić information content (AvgIpc) is 3.32. The fourth-order valence-electron chi connectivity index (χ4n) is 2.32. The van der Waals surface area contributed by atoms with Crippen LogP contribution in [-0.4, -0.2) is 23.6 Å². The maximum Gasteiger partial charge on any atom is 0.248 e. The summed E-state index contributed by atoms with van der Waals surface area (Å²) >= 11 is 0. The SMILES string of the molecule is C#CCCC1(CCC(=O)Nc2ccc(C(N)=O)cc2OC(C)C)N=N1. The molecule has 0 saturated carbocycles. The molecule has 0 fully saturated rings. The largest absolute Gasteiger partial charge is 0.489 e. The number of carbonyl (C=O) groups is 2. The monoisotopic (exact) mass is 342 g/mol. The molecule has 0 spiro atoms. The van der Waals surface area contributed by atoms with E-state index in [2.05, 4.69) is 21.5 Å². The first-order chi connectivity index (χ1) is 11.8. The molecule has 1 aromatic rings. The average molecular weight is 342 g/mol. The molecule has 1 heterocycles. The molecule has 0 aliphatic carbocycles. The molecular weight excluding hydrogens is 320 g/mol. The van der Waals surface area contributed by atoms with E-state index in [1.54, 1.807) is 12.1 Å². The van der Waals surface area contributed by atoms with Crippen molar-refractivity contribution in [2.24, 2.45) is 16.0 Å². The van der Waals surface area contributed by atoms with Crippen molar-refractivity contribution in [1.82, 2.24) is 0 Å². The second-order valence-electron chi connectivity index (χ2n) is 6.18. The van der Waals surface area contributed by atoms with Crippen molar-refractivity contribution in [3.05, 3.63) is 23.8 Å². The normalized spacial score (nSPS) is 14.0. The minimum atomic E-state index is -0.557. The van der Waals surface area contributed by atoms with Gasteiger partial charge in [-0.25, -0.2) is 0 Å². The van der Waals surface area contributed by atoms with Crippen molar-refractivity contribution in [2.75, 3.05) is 5.32 Å². The van der Waals surface area contributed by atoms with Gasteiger partial charge in [-0.1, -0.05) is 0 Å². The van der Waals surface area contributed by atoms with Gasteiger partial charge in [0.25, 0.3) is 0 Å². The summed E-state index contributed by atoms with van der Waals surface area (Å²) in [4.78, 5) is 23.6. The number of primary amides is 1. The highest BCUT2D eigenvalue weighted by atomic mass is 16.5. The van der Waals surface area contributed by atoms with E-state index >= 15 is 0 Å². The van der Waals surface area contributed by atoms with Crippen molar-refractivity contribution in [3.63, 3.8) is 0 Å². The van der Waals surface area contributed by atoms with Crippen LogP contribution in [0, 0.1) is 12.3 Å². The molecule has 132 valence electrons. The molecule has 3 N–H and O–H groups in total. The van der Waals surface area contributed by atoms with Crippen LogP contribution in [0.25, 0.3) is 0 Å². The predicted molar refractivity (Wildman–Crippen MR) is 94.2 cm³/mol. The van der Waals surface area contributed by atoms with Crippen LogP contribution in [0.2, 0.25) is 0 Å². The standard InChI is InChI=1S/C18H22N4O3/c1-4-5-9-18(21-22-18)10-8-16(23)20-14-7-6-13(17(19)24)11-15(14)25-12(2)3/h1,6-7,11-12H,5,8-10H2,2-3H3,(H2,19,24)(H,20,23). The Balaban J connectivity index is 1.99. The highest BCUT2D eigenvalue weighted by Crippen LogP contribution is 2.37. The second kappa shape index (κ2) is 7.79. The summed E-state index contributed by atoms with van der Waals surface area (Å²) in [5.74, 6) is 2.22. The lowest BCUT2D eigenvalue weighted by molar-refractivity contribution is -0.116. The molecule has 7 heteroatoms. The zero-order chi connectivity index (χ0) is 18.4. The van der Waals surface area contributed by atoms with Gasteiger partial charge in [-0.2, -0.15) is 10.2 Å². The third kappa shape index (κ3) is 5.31. The van der Waals surface area contributed by atoms with Gasteiger partial charge in [0, 0.05) is 31.2 Å². The van der Waals surface area contributed by atoms with E-state index in [1.165, 1.54) is 6.07 Å². The summed E-state index contributed by atoms with van der Waals surface area (Å²) in [5.41, 5.74) is 5.61. The maximum absolute atomic E-state index is 12.2. The highest BCUT2D eigenvalue weighted by molar-refractivity contribution is 5.96. The van der Waals surface area contributed by atoms with Crippen LogP contribution in [0.3, 0.4) is 0 Å². The first kappa shape index (κ1) is 18.5. The van der Waals surface area contributed by atoms with Crippen molar-refractivity contribution in [2.45, 2.75) is 51.3 Å². The summed E-state index contributed by atoms with van der Waals surface area (Å²) in [5, 5.41) is 10.8. The fourth-order valence-corrected chi connectivity index (χ4v) is 2.32. The molecule has 2 rings (SSSR count). The molecule has 7 nitrogen and oxygen atoms in total. The first-order valence-electron chi connectivity index (χ1n) is 8.13. The maximum atomic E-state index is 12.2. The summed E-state index contributed by atoms with van der Waals surface area (Å²) in [6.07, 6.45) is 7.15. The number of ether oxygens (including phenoxy) is 1. The number of benzene rings is 1. The van der Waals surface area contributed by atoms with Crippen LogP contribution in [0.1, 0.15) is 49.9 Å². The molecule has 1 aliphatic rings. The summed E-state index contributed by atoms with van der Waals surface area (Å²) < 4.78 is 5.67. The smallest absolute Gasteiger partial charge is 0.248 e. The molecular formula is C18H22N4O3. The molecule has 2 amide bonds. The molecule has 0 atom stereocenters. The zero-order valence-electron chi connectivity index (χ0n) is 14.4. The van der Waals surface area contributed by atoms with Crippen molar-refractivity contribution in [1.29, 1.82) is 0 Å². The van der Waals surface area contributed by atoms with Gasteiger partial charge in [0.2, 0.25) is 11.8 Å². The number of rotatable bonds is 9. The van der Waals surface area contributed by atoms with Gasteiger partial charge >= 0.3 is 0 Å². The lowest BCUT2D eigenvalue weighted by atomic mass is 10.0. The number of nitrogens with one attached hydrogen (secondary N) is 1. The topological polar surface area (TPSA) is 106 Å². The molecule has 0 bridgehead atoms. The van der Waals surface area contributed by atoms with Crippen molar-refractivity contribution in [3.8, 4) is 18.1 Å². The van der Waals surface area contributed by atoms with Gasteiger partial charge in [-0.05, 0) is 32.0 Å². The summed E-state index contributed by atoms with van der Waals surface area (Å²) in [6.45, 7) is 3.71. The molecule has 0 unspecified atom stereocenters. The minimum Gasteiger partial charge on any atom is -0.489 e. The fraction of sp³-hybridized carbons (Fsp3) is 0.444. The van der Waals surface area contributed by atoms with E-state index in [-0.39, 0.29) is 18.4 Å². The third-order valence-electron chi connectivity index (χ3n) is 3.71. The number of anilines is 1. The highest BCUT2D eigenvalue weighted by Gasteiger charge is 2.39. The number of hydrogen-bond donors (Lipinski definition) is 2. The molecule has 0 radical (unpaired) electrons. The molecule has 0 aromatic heterocycles. The van der Waals surface area contributed by atoms with Crippen LogP contribution in [-0.2, 0) is 4.79 Å². The van der Waals surface area contributed by atoms with E-state index in [9.17, 15) is 9.59 Å². The predicted octanol–water partition coefficient (Wildman–Crippen LogP) is 2.87. The van der Waals surface area contributed by atoms with Gasteiger partial charge in [-0.15, -0.1) is 12.3 Å². The molecule has 1 aromatic carbocycles. The number of carbonyl (C=O) groups excluding carboxylic acids is 2. The molecule has 0 saturated heterocycles. The number of hydrogen-bond acceptors (Lipinski definition) is 5. The Morgan fingerprint density at radius 3 is 2.64 bits per heavy atom. The minimum absolute atomic E-state index is 0.116. The van der Waals surface area contributed by atoms with Crippen LogP contribution in [0.5, 0.6) is 5.75 Å². The Labute approximate surface area is 147 Å². The molecule has 1 aliphatic heterocycles. The van der Waals surface area contributed by atoms with Crippen LogP contribution in [0.4, 0.5) is 5.69 Å². The van der Waals surface area contributed by atoms with Gasteiger partial charge in [0.05, 0.1) is 11.8 Å². The van der Waals surface area contributed by atoms with Gasteiger partial charge in [0.1, 0.15) is 5.75 Å². The molecule has 25 heavy (non-hydrogen) atoms. The van der Waals surface area contributed by atoms with Crippen molar-refractivity contribution >= 4 is 17.5 Å². The zero-order valence-corrected chi connectivity index (χ0v) is 14.4. The lowest BCUT2D eigenvalue weighted by Crippen LogP contribution is -2.19. The number of nitrogens with two attached hydrogens (primary N) is 1. The van der Waals surface area contributed by atoms with Crippen LogP contribution in [0.15, 0.2) is 28.4 Å². The number of amides is 2. The Morgan fingerprint density at radius 1 is 1.36 bits per heavy atom. The first-order valence-corrected chi connectivity index (χ1v) is 8.13. The van der Waals surface area contributed by atoms with E-state index in [0.29, 0.717) is 36.3 Å². The van der Waals surface area contributed by atoms with Gasteiger partial charge in [0.15, 0.2) is 5.66 Å². The lowest BCUT2D eigenvalue weighted by Gasteiger charge is -2.16. The Bertz CT molecular complexity index is 728. The van der Waals surface area contributed by atoms with E-state index < -0.39 is 11.6 Å². The summed E-state index contributed by atoms with van der Waals surface area (Å²) in [6, 6.07) is 4.68. The summed E-state index contributed by atoms with van der Waals surface area (Å²) in [7, 11) is 0. The van der Waals surface area contributed by atoms with Gasteiger partial charge in [-0.3, -0.25) is 9.59 Å². The Morgan fingerprint density at radius 2 is 2.08 bits per heavy atom. The van der Waals surface area contributed by atoms with Crippen LogP contribution >= 0.6 is 0 Å². The van der Waals surface area contributed by atoms with Crippen LogP contribution < -0.4 is 15.8 Å². The van der Waals surface area contributed by atoms with Gasteiger partial charge < -0.3 is 15.8 Å². The number of nitrogens with zero attached hydrogens (tertiary/aromatic N) is 2.